The van der Waals surface area contributed by atoms with E-state index in [9.17, 15) is 13.6 Å². The van der Waals surface area contributed by atoms with Gasteiger partial charge in [0.15, 0.2) is 5.96 Å². The van der Waals surface area contributed by atoms with Crippen LogP contribution in [0.25, 0.3) is 0 Å². The third-order valence-corrected chi connectivity index (χ3v) is 4.74. The van der Waals surface area contributed by atoms with Gasteiger partial charge in [-0.1, -0.05) is 29.8 Å². The first-order valence-electron chi connectivity index (χ1n) is 8.79. The summed E-state index contributed by atoms with van der Waals surface area (Å²) >= 11 is 3.34. The molecule has 1 fully saturated rings. The highest BCUT2D eigenvalue weighted by molar-refractivity contribution is 9.10. The molecule has 1 amide bonds. The van der Waals surface area contributed by atoms with Gasteiger partial charge in [-0.2, -0.15) is 8.78 Å². The van der Waals surface area contributed by atoms with Crippen LogP contribution in [0.4, 0.5) is 8.78 Å². The van der Waals surface area contributed by atoms with Crippen molar-refractivity contribution in [1.82, 2.24) is 15.5 Å². The van der Waals surface area contributed by atoms with E-state index in [0.29, 0.717) is 24.6 Å². The van der Waals surface area contributed by atoms with E-state index in [1.54, 1.807) is 19.2 Å². The largest absolute Gasteiger partial charge is 0.434 e. The quantitative estimate of drug-likeness (QED) is 0.520. The van der Waals surface area contributed by atoms with Crippen LogP contribution in [0.5, 0.6) is 5.75 Å². The van der Waals surface area contributed by atoms with E-state index in [4.69, 9.17) is 0 Å². The summed E-state index contributed by atoms with van der Waals surface area (Å²) in [7, 11) is 1.64. The fraction of sp³-hybridized carbons (Fsp3) is 0.556. The maximum atomic E-state index is 12.6. The Bertz CT molecular complexity index is 685. The van der Waals surface area contributed by atoms with E-state index >= 15 is 0 Å². The lowest BCUT2D eigenvalue weighted by molar-refractivity contribution is -0.133. The number of amides is 1. The number of carbonyl (C=O) groups is 1. The number of hydrogen-bond acceptors (Lipinski definition) is 3. The fourth-order valence-electron chi connectivity index (χ4n) is 2.91. The van der Waals surface area contributed by atoms with Crippen molar-refractivity contribution in [2.24, 2.45) is 10.9 Å². The number of carbonyl (C=O) groups excluding carboxylic acids is 1. The number of nitrogens with one attached hydrogen (secondary N) is 2. The van der Waals surface area contributed by atoms with Gasteiger partial charge in [0.1, 0.15) is 5.75 Å². The van der Waals surface area contributed by atoms with Crippen LogP contribution in [-0.2, 0) is 11.3 Å². The van der Waals surface area contributed by atoms with Gasteiger partial charge in [-0.25, -0.2) is 0 Å². The van der Waals surface area contributed by atoms with Gasteiger partial charge < -0.3 is 20.3 Å². The number of halogens is 3. The highest BCUT2D eigenvalue weighted by atomic mass is 79.9. The molecule has 1 aliphatic heterocycles. The summed E-state index contributed by atoms with van der Waals surface area (Å²) in [5, 5.41) is 6.39. The summed E-state index contributed by atoms with van der Waals surface area (Å²) in [5.74, 6) is 0.781. The molecule has 1 saturated heterocycles. The topological polar surface area (TPSA) is 66.0 Å². The second-order valence-electron chi connectivity index (χ2n) is 6.63. The minimum absolute atomic E-state index is 0.0222. The molecular weight excluding hydrogens is 422 g/mol. The Kier molecular flexibility index (Phi) is 7.82. The molecule has 2 rings (SSSR count). The molecular formula is C18H25BrF2N4O2. The molecule has 1 aromatic carbocycles. The number of hydrogen-bond donors (Lipinski definition) is 2. The van der Waals surface area contributed by atoms with Crippen LogP contribution in [0.15, 0.2) is 27.7 Å². The molecule has 2 N–H and O–H groups in total. The average Bonchev–Trinajstić information content (AvgIpc) is 3.07. The highest BCUT2D eigenvalue weighted by Crippen LogP contribution is 2.24. The zero-order valence-electron chi connectivity index (χ0n) is 15.6. The summed E-state index contributed by atoms with van der Waals surface area (Å²) in [6, 6.07) is 4.96. The van der Waals surface area contributed by atoms with Crippen molar-refractivity contribution in [3.63, 3.8) is 0 Å². The Labute approximate surface area is 166 Å². The number of likely N-dealkylation sites (tertiary alicyclic amines) is 1. The van der Waals surface area contributed by atoms with Gasteiger partial charge >= 0.3 is 6.61 Å². The van der Waals surface area contributed by atoms with Crippen LogP contribution >= 0.6 is 15.9 Å². The monoisotopic (exact) mass is 446 g/mol. The summed E-state index contributed by atoms with van der Waals surface area (Å²) in [6.07, 6.45) is 0.829. The van der Waals surface area contributed by atoms with Gasteiger partial charge in [0.25, 0.3) is 0 Å². The maximum Gasteiger partial charge on any atom is 0.387 e. The van der Waals surface area contributed by atoms with Crippen molar-refractivity contribution in [2.45, 2.75) is 39.5 Å². The third kappa shape index (κ3) is 6.34. The first-order chi connectivity index (χ1) is 12.8. The number of benzene rings is 1. The van der Waals surface area contributed by atoms with E-state index in [1.807, 2.05) is 18.7 Å². The van der Waals surface area contributed by atoms with E-state index in [1.165, 1.54) is 6.07 Å². The lowest BCUT2D eigenvalue weighted by Crippen LogP contribution is -2.45. The molecule has 0 saturated carbocycles. The Hall–Kier alpha value is -1.90. The fourth-order valence-corrected chi connectivity index (χ4v) is 3.32. The number of nitrogens with zero attached hydrogens (tertiary/aromatic N) is 2. The predicted octanol–water partition coefficient (Wildman–Crippen LogP) is 2.97. The second kappa shape index (κ2) is 9.87. The van der Waals surface area contributed by atoms with E-state index in [-0.39, 0.29) is 30.2 Å². The SMILES string of the molecule is CN=C(NCc1cc(Br)ccc1OC(F)F)NC1CCN(C(=O)C(C)C)C1. The van der Waals surface area contributed by atoms with Crippen LogP contribution in [0, 0.1) is 5.92 Å². The van der Waals surface area contributed by atoms with Crippen molar-refractivity contribution in [3.05, 3.63) is 28.2 Å². The smallest absolute Gasteiger partial charge is 0.387 e. The zero-order valence-corrected chi connectivity index (χ0v) is 17.2. The second-order valence-corrected chi connectivity index (χ2v) is 7.54. The molecule has 0 aromatic heterocycles. The van der Waals surface area contributed by atoms with Crippen molar-refractivity contribution >= 4 is 27.8 Å². The van der Waals surface area contributed by atoms with Gasteiger partial charge in [0.2, 0.25) is 5.91 Å². The minimum Gasteiger partial charge on any atom is -0.434 e. The molecule has 0 spiro atoms. The van der Waals surface area contributed by atoms with Gasteiger partial charge in [-0.15, -0.1) is 0 Å². The van der Waals surface area contributed by atoms with Crippen LogP contribution < -0.4 is 15.4 Å². The summed E-state index contributed by atoms with van der Waals surface area (Å²) in [4.78, 5) is 18.1. The van der Waals surface area contributed by atoms with Crippen LogP contribution in [0.2, 0.25) is 0 Å². The first-order valence-corrected chi connectivity index (χ1v) is 9.58. The van der Waals surface area contributed by atoms with Gasteiger partial charge in [0, 0.05) is 48.7 Å². The molecule has 150 valence electrons. The molecule has 27 heavy (non-hydrogen) atoms. The number of alkyl halides is 2. The normalized spacial score (nSPS) is 17.6. The molecule has 0 aliphatic carbocycles. The van der Waals surface area contributed by atoms with Crippen molar-refractivity contribution in [2.75, 3.05) is 20.1 Å². The number of rotatable bonds is 6. The Morgan fingerprint density at radius 1 is 1.44 bits per heavy atom. The van der Waals surface area contributed by atoms with Gasteiger partial charge in [-0.3, -0.25) is 9.79 Å². The standard InChI is InChI=1S/C18H25BrF2N4O2/c1-11(2)16(26)25-7-6-14(10-25)24-18(22-3)23-9-12-8-13(19)4-5-15(12)27-17(20)21/h4-5,8,11,14,17H,6-7,9-10H2,1-3H3,(H2,22,23,24). The molecule has 1 aromatic rings. The molecule has 1 heterocycles. The molecule has 0 radical (unpaired) electrons. The third-order valence-electron chi connectivity index (χ3n) is 4.24. The van der Waals surface area contributed by atoms with Crippen molar-refractivity contribution in [1.29, 1.82) is 0 Å². The molecule has 6 nitrogen and oxygen atoms in total. The van der Waals surface area contributed by atoms with E-state index in [2.05, 4.69) is 36.3 Å². The van der Waals surface area contributed by atoms with Gasteiger partial charge in [-0.05, 0) is 24.6 Å². The summed E-state index contributed by atoms with van der Waals surface area (Å²) < 4.78 is 30.5. The first kappa shape index (κ1) is 21.4. The van der Waals surface area contributed by atoms with Crippen molar-refractivity contribution < 1.29 is 18.3 Å². The maximum absolute atomic E-state index is 12.6. The lowest BCUT2D eigenvalue weighted by Gasteiger charge is -2.20. The average molecular weight is 447 g/mol. The van der Waals surface area contributed by atoms with Crippen LogP contribution in [-0.4, -0.2) is 49.6 Å². The zero-order chi connectivity index (χ0) is 20.0. The van der Waals surface area contributed by atoms with E-state index in [0.717, 1.165) is 10.9 Å². The Balaban J connectivity index is 1.93. The molecule has 1 unspecified atom stereocenters. The molecule has 9 heteroatoms. The molecule has 1 atom stereocenters. The summed E-state index contributed by atoms with van der Waals surface area (Å²) in [5.41, 5.74) is 0.579. The van der Waals surface area contributed by atoms with E-state index < -0.39 is 6.61 Å². The van der Waals surface area contributed by atoms with Crippen molar-refractivity contribution in [3.8, 4) is 5.75 Å². The molecule has 1 aliphatic rings. The lowest BCUT2D eigenvalue weighted by atomic mass is 10.2. The minimum atomic E-state index is -2.88. The Morgan fingerprint density at radius 3 is 2.81 bits per heavy atom. The number of aliphatic imine (C=N–C) groups is 1. The highest BCUT2D eigenvalue weighted by Gasteiger charge is 2.28. The summed E-state index contributed by atoms with van der Waals surface area (Å²) in [6.45, 7) is 2.49. The van der Waals surface area contributed by atoms with Crippen LogP contribution in [0.1, 0.15) is 25.8 Å². The Morgan fingerprint density at radius 2 is 2.19 bits per heavy atom. The van der Waals surface area contributed by atoms with Crippen LogP contribution in [0.3, 0.4) is 0 Å². The molecule has 0 bridgehead atoms. The number of ether oxygens (including phenoxy) is 1. The van der Waals surface area contributed by atoms with Gasteiger partial charge in [0.05, 0.1) is 0 Å². The number of guanidine groups is 1. The predicted molar refractivity (Wildman–Crippen MR) is 104 cm³/mol.